The van der Waals surface area contributed by atoms with E-state index >= 15 is 0 Å². The fourth-order valence-corrected chi connectivity index (χ4v) is 5.47. The normalized spacial score (nSPS) is 17.9. The van der Waals surface area contributed by atoms with Gasteiger partial charge in [-0.1, -0.05) is 6.07 Å². The van der Waals surface area contributed by atoms with Gasteiger partial charge in [-0.3, -0.25) is 4.90 Å². The van der Waals surface area contributed by atoms with Crippen molar-refractivity contribution >= 4 is 21.4 Å². The monoisotopic (exact) mass is 436 g/mol. The van der Waals surface area contributed by atoms with Gasteiger partial charge in [0.15, 0.2) is 0 Å². The number of halogens is 1. The molecule has 2 aromatic heterocycles. The highest BCUT2D eigenvalue weighted by molar-refractivity contribution is 7.89. The number of hydrogen-bond acceptors (Lipinski definition) is 7. The molecule has 0 N–H and O–H groups in total. The zero-order valence-electron chi connectivity index (χ0n) is 15.9. The van der Waals surface area contributed by atoms with Gasteiger partial charge in [-0.05, 0) is 49.1 Å². The van der Waals surface area contributed by atoms with Crippen LogP contribution < -0.4 is 0 Å². The molecule has 0 radical (unpaired) electrons. The first-order valence-corrected chi connectivity index (χ1v) is 11.6. The van der Waals surface area contributed by atoms with Crippen LogP contribution >= 0.6 is 11.3 Å². The van der Waals surface area contributed by atoms with E-state index in [1.807, 2.05) is 24.4 Å². The maximum atomic E-state index is 13.1. The van der Waals surface area contributed by atoms with Crippen LogP contribution in [0.1, 0.15) is 25.3 Å². The number of rotatable bonds is 5. The summed E-state index contributed by atoms with van der Waals surface area (Å²) in [6.45, 7) is 3.99. The van der Waals surface area contributed by atoms with Crippen LogP contribution in [0.15, 0.2) is 51.1 Å². The van der Waals surface area contributed by atoms with Crippen molar-refractivity contribution in [3.8, 4) is 10.8 Å². The number of thiophene rings is 1. The van der Waals surface area contributed by atoms with Gasteiger partial charge in [0.05, 0.1) is 15.8 Å². The molecule has 0 saturated carbocycles. The summed E-state index contributed by atoms with van der Waals surface area (Å²) in [6.07, 6.45) is 0.677. The summed E-state index contributed by atoms with van der Waals surface area (Å²) in [5.41, 5.74) is 0. The van der Waals surface area contributed by atoms with Crippen LogP contribution in [-0.4, -0.2) is 54.0 Å². The Morgan fingerprint density at radius 1 is 1.10 bits per heavy atom. The number of benzene rings is 1. The molecule has 7 nitrogen and oxygen atoms in total. The van der Waals surface area contributed by atoms with Gasteiger partial charge in [-0.15, -0.1) is 21.5 Å². The van der Waals surface area contributed by atoms with Crippen molar-refractivity contribution in [2.75, 3.05) is 26.2 Å². The van der Waals surface area contributed by atoms with E-state index in [-0.39, 0.29) is 10.9 Å². The molecular weight excluding hydrogens is 415 g/mol. The van der Waals surface area contributed by atoms with Gasteiger partial charge in [0.25, 0.3) is 5.89 Å². The van der Waals surface area contributed by atoms with E-state index in [1.165, 1.54) is 39.9 Å². The van der Waals surface area contributed by atoms with Crippen LogP contribution in [-0.2, 0) is 10.0 Å². The van der Waals surface area contributed by atoms with Crippen LogP contribution in [0.4, 0.5) is 4.39 Å². The second kappa shape index (κ2) is 8.31. The minimum Gasteiger partial charge on any atom is -0.418 e. The average Bonchev–Trinajstić information content (AvgIpc) is 3.35. The van der Waals surface area contributed by atoms with Crippen molar-refractivity contribution in [3.63, 3.8) is 0 Å². The van der Waals surface area contributed by atoms with Crippen LogP contribution in [0.3, 0.4) is 0 Å². The number of sulfonamides is 1. The Morgan fingerprint density at radius 2 is 1.90 bits per heavy atom. The maximum absolute atomic E-state index is 13.1. The lowest BCUT2D eigenvalue weighted by Crippen LogP contribution is -2.36. The highest BCUT2D eigenvalue weighted by Crippen LogP contribution is 2.28. The number of nitrogens with zero attached hydrogens (tertiary/aromatic N) is 4. The largest absolute Gasteiger partial charge is 0.418 e. The molecule has 3 heterocycles. The van der Waals surface area contributed by atoms with Gasteiger partial charge in [0, 0.05) is 26.2 Å². The van der Waals surface area contributed by atoms with E-state index in [2.05, 4.69) is 15.1 Å². The second-order valence-electron chi connectivity index (χ2n) is 6.85. The topological polar surface area (TPSA) is 79.5 Å². The number of hydrogen-bond donors (Lipinski definition) is 0. The second-order valence-corrected chi connectivity index (χ2v) is 9.73. The van der Waals surface area contributed by atoms with Gasteiger partial charge < -0.3 is 4.42 Å². The van der Waals surface area contributed by atoms with Crippen molar-refractivity contribution < 1.29 is 17.2 Å². The standard InChI is InChI=1S/C19H21FN4O3S2/c1-14(18-21-22-19(27-18)17-4-2-13-28-17)23-9-3-10-24(12-11-23)29(25,26)16-7-5-15(20)6-8-16/h2,4-8,13-14H,3,9-12H2,1H3/t14-/m1/s1. The fourth-order valence-electron chi connectivity index (χ4n) is 3.36. The molecule has 1 aliphatic rings. The van der Waals surface area contributed by atoms with E-state index in [4.69, 9.17) is 4.42 Å². The van der Waals surface area contributed by atoms with Crippen molar-refractivity contribution in [1.82, 2.24) is 19.4 Å². The molecular formula is C19H21FN4O3S2. The summed E-state index contributed by atoms with van der Waals surface area (Å²) in [5.74, 6) is 0.557. The lowest BCUT2D eigenvalue weighted by atomic mass is 10.2. The van der Waals surface area contributed by atoms with Crippen molar-refractivity contribution in [1.29, 1.82) is 0 Å². The molecule has 29 heavy (non-hydrogen) atoms. The lowest BCUT2D eigenvalue weighted by molar-refractivity contribution is 0.193. The van der Waals surface area contributed by atoms with Gasteiger partial charge >= 0.3 is 0 Å². The Labute approximate surface area is 172 Å². The summed E-state index contributed by atoms with van der Waals surface area (Å²) in [7, 11) is -3.65. The van der Waals surface area contributed by atoms with Crippen molar-refractivity contribution in [3.05, 3.63) is 53.5 Å². The summed E-state index contributed by atoms with van der Waals surface area (Å²) in [5, 5.41) is 10.3. The van der Waals surface area contributed by atoms with E-state index < -0.39 is 15.8 Å². The highest BCUT2D eigenvalue weighted by atomic mass is 32.2. The summed E-state index contributed by atoms with van der Waals surface area (Å²) < 4.78 is 46.2. The Morgan fingerprint density at radius 3 is 2.62 bits per heavy atom. The average molecular weight is 437 g/mol. The summed E-state index contributed by atoms with van der Waals surface area (Å²) in [6, 6.07) is 8.68. The van der Waals surface area contributed by atoms with Crippen LogP contribution in [0, 0.1) is 5.82 Å². The minimum atomic E-state index is -3.65. The van der Waals surface area contributed by atoms with Crippen LogP contribution in [0.2, 0.25) is 0 Å². The third kappa shape index (κ3) is 4.25. The molecule has 1 aliphatic heterocycles. The zero-order valence-corrected chi connectivity index (χ0v) is 17.5. The van der Waals surface area contributed by atoms with Crippen LogP contribution in [0.5, 0.6) is 0 Å². The SMILES string of the molecule is C[C@H](c1nnc(-c2cccs2)o1)N1CCCN(S(=O)(=O)c2ccc(F)cc2)CC1. The van der Waals surface area contributed by atoms with Gasteiger partial charge in [-0.2, -0.15) is 4.31 Å². The van der Waals surface area contributed by atoms with Crippen molar-refractivity contribution in [2.45, 2.75) is 24.3 Å². The quantitative estimate of drug-likeness (QED) is 0.610. The third-order valence-electron chi connectivity index (χ3n) is 5.02. The maximum Gasteiger partial charge on any atom is 0.257 e. The molecule has 0 spiro atoms. The number of aromatic nitrogens is 2. The van der Waals surface area contributed by atoms with Crippen LogP contribution in [0.25, 0.3) is 10.8 Å². The lowest BCUT2D eigenvalue weighted by Gasteiger charge is -2.25. The van der Waals surface area contributed by atoms with E-state index in [0.717, 1.165) is 4.88 Å². The van der Waals surface area contributed by atoms with E-state index in [9.17, 15) is 12.8 Å². The Bertz CT molecular complexity index is 1050. The first-order valence-electron chi connectivity index (χ1n) is 9.32. The third-order valence-corrected chi connectivity index (χ3v) is 7.79. The molecule has 1 atom stereocenters. The molecule has 4 rings (SSSR count). The molecule has 0 aliphatic carbocycles. The smallest absolute Gasteiger partial charge is 0.257 e. The summed E-state index contributed by atoms with van der Waals surface area (Å²) in [4.78, 5) is 3.17. The Balaban J connectivity index is 1.45. The first-order chi connectivity index (χ1) is 13.9. The molecule has 0 unspecified atom stereocenters. The molecule has 0 amide bonds. The van der Waals surface area contributed by atoms with Gasteiger partial charge in [-0.25, -0.2) is 12.8 Å². The molecule has 0 bridgehead atoms. The Kier molecular flexibility index (Phi) is 5.77. The minimum absolute atomic E-state index is 0.109. The van der Waals surface area contributed by atoms with Gasteiger partial charge in [0.1, 0.15) is 5.82 Å². The zero-order chi connectivity index (χ0) is 20.4. The Hall–Kier alpha value is -2.14. The predicted molar refractivity (Wildman–Crippen MR) is 107 cm³/mol. The molecule has 3 aromatic rings. The van der Waals surface area contributed by atoms with Gasteiger partial charge in [0.2, 0.25) is 15.9 Å². The molecule has 1 fully saturated rings. The highest BCUT2D eigenvalue weighted by Gasteiger charge is 2.30. The van der Waals surface area contributed by atoms with E-state index in [1.54, 1.807) is 0 Å². The molecule has 1 saturated heterocycles. The summed E-state index contributed by atoms with van der Waals surface area (Å²) >= 11 is 1.54. The molecule has 10 heteroatoms. The fraction of sp³-hybridized carbons (Fsp3) is 0.368. The van der Waals surface area contributed by atoms with Crippen molar-refractivity contribution in [2.24, 2.45) is 0 Å². The molecule has 154 valence electrons. The first kappa shape index (κ1) is 20.1. The predicted octanol–water partition coefficient (Wildman–Crippen LogP) is 3.39. The molecule has 1 aromatic carbocycles. The van der Waals surface area contributed by atoms with E-state index in [0.29, 0.717) is 44.4 Å².